The van der Waals surface area contributed by atoms with Gasteiger partial charge in [-0.1, -0.05) is 12.1 Å². The third-order valence-electron chi connectivity index (χ3n) is 4.21. The molecule has 2 amide bonds. The van der Waals surface area contributed by atoms with Crippen molar-refractivity contribution in [1.29, 1.82) is 0 Å². The van der Waals surface area contributed by atoms with E-state index in [0.717, 1.165) is 37.5 Å². The summed E-state index contributed by atoms with van der Waals surface area (Å²) in [7, 11) is 1.75. The second-order valence-electron chi connectivity index (χ2n) is 6.09. The zero-order chi connectivity index (χ0) is 17.5. The van der Waals surface area contributed by atoms with Crippen LogP contribution in [0.15, 0.2) is 29.3 Å². The molecule has 130 valence electrons. The highest BCUT2D eigenvalue weighted by Crippen LogP contribution is 2.19. The van der Waals surface area contributed by atoms with Crippen molar-refractivity contribution < 1.29 is 9.59 Å². The Hall–Kier alpha value is -2.57. The molecule has 1 atom stereocenters. The van der Waals surface area contributed by atoms with Gasteiger partial charge in [0.1, 0.15) is 0 Å². The van der Waals surface area contributed by atoms with E-state index >= 15 is 0 Å². The van der Waals surface area contributed by atoms with Crippen LogP contribution in [0.1, 0.15) is 35.2 Å². The number of hydrogen-bond donors (Lipinski definition) is 3. The summed E-state index contributed by atoms with van der Waals surface area (Å²) in [5, 5.41) is 3.32. The van der Waals surface area contributed by atoms with Crippen molar-refractivity contribution in [1.82, 2.24) is 10.2 Å². The van der Waals surface area contributed by atoms with Gasteiger partial charge in [0.15, 0.2) is 5.96 Å². The van der Waals surface area contributed by atoms with Gasteiger partial charge in [0, 0.05) is 38.7 Å². The highest BCUT2D eigenvalue weighted by molar-refractivity contribution is 5.92. The Morgan fingerprint density at radius 3 is 2.58 bits per heavy atom. The fourth-order valence-electron chi connectivity index (χ4n) is 3.01. The Bertz CT molecular complexity index is 612. The van der Waals surface area contributed by atoms with Gasteiger partial charge in [0.25, 0.3) is 0 Å². The van der Waals surface area contributed by atoms with Gasteiger partial charge in [-0.3, -0.25) is 14.6 Å². The first-order valence-electron chi connectivity index (χ1n) is 8.12. The number of carbonyl (C=O) groups is 2. The van der Waals surface area contributed by atoms with Crippen molar-refractivity contribution in [3.05, 3.63) is 35.4 Å². The monoisotopic (exact) mass is 331 g/mol. The number of nitrogens with zero attached hydrogens (tertiary/aromatic N) is 2. The Morgan fingerprint density at radius 2 is 2.00 bits per heavy atom. The van der Waals surface area contributed by atoms with E-state index in [0.29, 0.717) is 18.5 Å². The van der Waals surface area contributed by atoms with Gasteiger partial charge in [0.05, 0.1) is 0 Å². The molecule has 0 saturated carbocycles. The van der Waals surface area contributed by atoms with E-state index in [-0.39, 0.29) is 11.8 Å². The number of piperidine rings is 1. The van der Waals surface area contributed by atoms with E-state index in [1.807, 2.05) is 12.1 Å². The molecule has 0 aliphatic carbocycles. The number of nitrogens with two attached hydrogens (primary N) is 2. The van der Waals surface area contributed by atoms with Crippen LogP contribution in [0.4, 0.5) is 0 Å². The fraction of sp³-hybridized carbons (Fsp3) is 0.471. The van der Waals surface area contributed by atoms with E-state index in [2.05, 4.69) is 15.2 Å². The van der Waals surface area contributed by atoms with Crippen molar-refractivity contribution in [3.63, 3.8) is 0 Å². The molecule has 1 unspecified atom stereocenters. The predicted octanol–water partition coefficient (Wildman–Crippen LogP) is 0.448. The van der Waals surface area contributed by atoms with Crippen LogP contribution < -0.4 is 16.8 Å². The molecule has 0 bridgehead atoms. The molecular formula is C17H25N5O2. The van der Waals surface area contributed by atoms with Crippen LogP contribution in [-0.4, -0.2) is 42.8 Å². The van der Waals surface area contributed by atoms with Crippen molar-refractivity contribution >= 4 is 17.8 Å². The van der Waals surface area contributed by atoms with E-state index in [1.54, 1.807) is 19.2 Å². The normalized spacial score (nSPS) is 18.3. The lowest BCUT2D eigenvalue weighted by Crippen LogP contribution is -2.46. The number of benzene rings is 1. The topological polar surface area (TPSA) is 114 Å². The van der Waals surface area contributed by atoms with Gasteiger partial charge >= 0.3 is 0 Å². The van der Waals surface area contributed by atoms with Crippen LogP contribution in [0.25, 0.3) is 0 Å². The quantitative estimate of drug-likeness (QED) is 0.537. The first-order valence-corrected chi connectivity index (χ1v) is 8.12. The van der Waals surface area contributed by atoms with Gasteiger partial charge in [-0.05, 0) is 36.5 Å². The lowest BCUT2D eigenvalue weighted by atomic mass is 9.95. The molecule has 1 aliphatic heterocycles. The molecule has 1 heterocycles. The van der Waals surface area contributed by atoms with Gasteiger partial charge in [-0.25, -0.2) is 0 Å². The lowest BCUT2D eigenvalue weighted by molar-refractivity contribution is -0.119. The van der Waals surface area contributed by atoms with Gasteiger partial charge < -0.3 is 21.7 Å². The van der Waals surface area contributed by atoms with E-state index < -0.39 is 5.91 Å². The molecule has 0 radical (unpaired) electrons. The van der Waals surface area contributed by atoms with Crippen molar-refractivity contribution in [2.45, 2.75) is 25.8 Å². The highest BCUT2D eigenvalue weighted by atomic mass is 16.1. The smallest absolute Gasteiger partial charge is 0.248 e. The molecule has 1 aliphatic rings. The average molecular weight is 331 g/mol. The summed E-state index contributed by atoms with van der Waals surface area (Å²) >= 11 is 0. The number of aliphatic imine (C=N–C) groups is 1. The first-order chi connectivity index (χ1) is 11.5. The average Bonchev–Trinajstić information content (AvgIpc) is 2.55. The first kappa shape index (κ1) is 17.8. The molecule has 7 heteroatoms. The molecule has 1 fully saturated rings. The number of carbonyl (C=O) groups excluding carboxylic acids is 2. The van der Waals surface area contributed by atoms with E-state index in [4.69, 9.17) is 11.5 Å². The highest BCUT2D eigenvalue weighted by Gasteiger charge is 2.23. The van der Waals surface area contributed by atoms with Crippen LogP contribution in [0.2, 0.25) is 0 Å². The third-order valence-corrected chi connectivity index (χ3v) is 4.21. The van der Waals surface area contributed by atoms with E-state index in [1.165, 1.54) is 0 Å². The maximum absolute atomic E-state index is 11.1. The Labute approximate surface area is 142 Å². The Kier molecular flexibility index (Phi) is 6.17. The molecule has 1 aromatic rings. The number of amides is 2. The number of rotatable bonds is 5. The number of hydrogen-bond acceptors (Lipinski definition) is 3. The van der Waals surface area contributed by atoms with Crippen molar-refractivity contribution in [3.8, 4) is 0 Å². The summed E-state index contributed by atoms with van der Waals surface area (Å²) in [5.41, 5.74) is 12.1. The summed E-state index contributed by atoms with van der Waals surface area (Å²) in [4.78, 5) is 28.7. The summed E-state index contributed by atoms with van der Waals surface area (Å²) < 4.78 is 0. The second-order valence-corrected chi connectivity index (χ2v) is 6.09. The maximum Gasteiger partial charge on any atom is 0.248 e. The van der Waals surface area contributed by atoms with Crippen LogP contribution >= 0.6 is 0 Å². The Morgan fingerprint density at radius 1 is 1.29 bits per heavy atom. The van der Waals surface area contributed by atoms with Crippen molar-refractivity contribution in [2.24, 2.45) is 22.4 Å². The molecule has 7 nitrogen and oxygen atoms in total. The van der Waals surface area contributed by atoms with Crippen LogP contribution in [-0.2, 0) is 11.3 Å². The maximum atomic E-state index is 11.1. The summed E-state index contributed by atoms with van der Waals surface area (Å²) in [5.74, 6) is 0.409. The summed E-state index contributed by atoms with van der Waals surface area (Å²) in [6, 6.07) is 7.16. The predicted molar refractivity (Wildman–Crippen MR) is 93.3 cm³/mol. The molecule has 24 heavy (non-hydrogen) atoms. The molecule has 1 saturated heterocycles. The number of nitrogens with one attached hydrogen (secondary N) is 1. The fourth-order valence-corrected chi connectivity index (χ4v) is 3.01. The number of guanidine groups is 1. The molecule has 2 rings (SSSR count). The minimum Gasteiger partial charge on any atom is -0.370 e. The second kappa shape index (κ2) is 8.33. The van der Waals surface area contributed by atoms with Gasteiger partial charge in [-0.15, -0.1) is 0 Å². The largest absolute Gasteiger partial charge is 0.370 e. The minimum absolute atomic E-state index is 0.251. The van der Waals surface area contributed by atoms with Gasteiger partial charge in [-0.2, -0.15) is 0 Å². The molecule has 0 spiro atoms. The SMILES string of the molecule is CN=C(NCc1ccc(C(N)=O)cc1)N1CCCC(CC(N)=O)C1. The lowest BCUT2D eigenvalue weighted by Gasteiger charge is -2.34. The molecular weight excluding hydrogens is 306 g/mol. The summed E-state index contributed by atoms with van der Waals surface area (Å²) in [6.07, 6.45) is 2.46. The number of likely N-dealkylation sites (tertiary alicyclic amines) is 1. The minimum atomic E-state index is -0.431. The van der Waals surface area contributed by atoms with Crippen LogP contribution in [0.3, 0.4) is 0 Å². The zero-order valence-corrected chi connectivity index (χ0v) is 14.0. The third kappa shape index (κ3) is 4.97. The van der Waals surface area contributed by atoms with Crippen LogP contribution in [0.5, 0.6) is 0 Å². The van der Waals surface area contributed by atoms with Crippen molar-refractivity contribution in [2.75, 3.05) is 20.1 Å². The Balaban J connectivity index is 1.92. The van der Waals surface area contributed by atoms with E-state index in [9.17, 15) is 9.59 Å². The number of primary amides is 2. The molecule has 1 aromatic carbocycles. The standard InChI is InChI=1S/C17H25N5O2/c1-20-17(22-8-2-3-13(11-22)9-15(18)23)21-10-12-4-6-14(7-5-12)16(19)24/h4-7,13H,2-3,8-11H2,1H3,(H2,18,23)(H2,19,24)(H,20,21). The molecule has 0 aromatic heterocycles. The zero-order valence-electron chi connectivity index (χ0n) is 14.0. The summed E-state index contributed by atoms with van der Waals surface area (Å²) in [6.45, 7) is 2.29. The molecule has 5 N–H and O–H groups in total. The van der Waals surface area contributed by atoms with Gasteiger partial charge in [0.2, 0.25) is 11.8 Å². The van der Waals surface area contributed by atoms with Crippen LogP contribution in [0, 0.1) is 5.92 Å².